The van der Waals surface area contributed by atoms with Crippen molar-refractivity contribution >= 4 is 40.2 Å². The van der Waals surface area contributed by atoms with Crippen molar-refractivity contribution in [2.75, 3.05) is 11.1 Å². The highest BCUT2D eigenvalue weighted by molar-refractivity contribution is 8.01. The van der Waals surface area contributed by atoms with Crippen LogP contribution in [0.5, 0.6) is 0 Å². The van der Waals surface area contributed by atoms with Crippen LogP contribution in [0.25, 0.3) is 6.08 Å². The van der Waals surface area contributed by atoms with Crippen LogP contribution in [0.1, 0.15) is 5.56 Å². The molecule has 1 aromatic carbocycles. The molecule has 0 saturated heterocycles. The van der Waals surface area contributed by atoms with Crippen LogP contribution in [-0.2, 0) is 4.79 Å². The summed E-state index contributed by atoms with van der Waals surface area (Å²) in [5, 5.41) is 11.1. The average Bonchev–Trinajstić information content (AvgIpc) is 2.91. The molecule has 102 valence electrons. The predicted molar refractivity (Wildman–Crippen MR) is 84.9 cm³/mol. The van der Waals surface area contributed by atoms with Crippen LogP contribution < -0.4 is 5.32 Å². The second-order valence-corrected chi connectivity index (χ2v) is 5.95. The van der Waals surface area contributed by atoms with Crippen LogP contribution in [0.15, 0.2) is 53.4 Å². The molecule has 0 spiro atoms. The van der Waals surface area contributed by atoms with Gasteiger partial charge in [-0.25, -0.2) is 0 Å². The molecule has 0 unspecified atom stereocenters. The lowest BCUT2D eigenvalue weighted by Crippen LogP contribution is -2.07. The van der Waals surface area contributed by atoms with E-state index >= 15 is 0 Å². The van der Waals surface area contributed by atoms with E-state index in [0.29, 0.717) is 5.13 Å². The van der Waals surface area contributed by atoms with Crippen LogP contribution in [-0.4, -0.2) is 21.9 Å². The summed E-state index contributed by atoms with van der Waals surface area (Å²) in [6, 6.07) is 9.63. The molecule has 1 aromatic heterocycles. The second-order valence-electron chi connectivity index (χ2n) is 3.71. The molecule has 0 saturated carbocycles. The fraction of sp³-hybridized carbons (Fsp3) is 0.0714. The Hall–Kier alpha value is -1.92. The summed E-state index contributed by atoms with van der Waals surface area (Å²) in [5.74, 6) is 0.557. The average molecular weight is 303 g/mol. The third kappa shape index (κ3) is 4.64. The quantitative estimate of drug-likeness (QED) is 0.384. The largest absolute Gasteiger partial charge is 0.297 e. The number of rotatable bonds is 6. The molecule has 0 aliphatic rings. The molecule has 0 atom stereocenters. The Labute approximate surface area is 125 Å². The molecule has 4 nitrogen and oxygen atoms in total. The first-order valence-corrected chi connectivity index (χ1v) is 7.69. The Morgan fingerprint density at radius 1 is 1.35 bits per heavy atom. The Bertz CT molecular complexity index is 608. The molecule has 0 fully saturated rings. The summed E-state index contributed by atoms with van der Waals surface area (Å²) in [4.78, 5) is 11.7. The molecule has 20 heavy (non-hydrogen) atoms. The van der Waals surface area contributed by atoms with Gasteiger partial charge in [-0.15, -0.1) is 16.8 Å². The Kier molecular flexibility index (Phi) is 5.52. The van der Waals surface area contributed by atoms with Gasteiger partial charge < -0.3 is 0 Å². The fourth-order valence-corrected chi connectivity index (χ4v) is 2.85. The summed E-state index contributed by atoms with van der Waals surface area (Å²) in [6.07, 6.45) is 5.03. The van der Waals surface area contributed by atoms with E-state index in [-0.39, 0.29) is 5.91 Å². The minimum atomic E-state index is -0.217. The first-order chi connectivity index (χ1) is 9.78. The number of hydrogen-bond donors (Lipinski definition) is 1. The fourth-order valence-electron chi connectivity index (χ4n) is 1.33. The van der Waals surface area contributed by atoms with Gasteiger partial charge in [0.2, 0.25) is 11.0 Å². The van der Waals surface area contributed by atoms with Gasteiger partial charge in [0.1, 0.15) is 0 Å². The Morgan fingerprint density at radius 2 is 2.15 bits per heavy atom. The number of anilines is 1. The molecule has 0 radical (unpaired) electrons. The van der Waals surface area contributed by atoms with Gasteiger partial charge in [0.15, 0.2) is 4.34 Å². The topological polar surface area (TPSA) is 54.9 Å². The van der Waals surface area contributed by atoms with Gasteiger partial charge in [-0.2, -0.15) is 0 Å². The number of nitrogens with one attached hydrogen (secondary N) is 1. The molecule has 6 heteroatoms. The first-order valence-electron chi connectivity index (χ1n) is 5.89. The highest BCUT2D eigenvalue weighted by Gasteiger charge is 2.05. The van der Waals surface area contributed by atoms with Crippen LogP contribution in [0, 0.1) is 0 Å². The van der Waals surface area contributed by atoms with E-state index in [4.69, 9.17) is 0 Å². The number of aromatic nitrogens is 2. The van der Waals surface area contributed by atoms with Gasteiger partial charge in [-0.1, -0.05) is 59.5 Å². The van der Waals surface area contributed by atoms with Crippen molar-refractivity contribution in [3.8, 4) is 0 Å². The SMILES string of the molecule is C=CCSc1nnc(NC(=O)C=Cc2ccccc2)s1. The molecular formula is C14H13N3OS2. The van der Waals surface area contributed by atoms with Crippen molar-refractivity contribution in [2.24, 2.45) is 0 Å². The minimum absolute atomic E-state index is 0.217. The van der Waals surface area contributed by atoms with Crippen molar-refractivity contribution in [2.45, 2.75) is 4.34 Å². The standard InChI is InChI=1S/C14H13N3OS2/c1-2-10-19-14-17-16-13(20-14)15-12(18)9-8-11-6-4-3-5-7-11/h2-9H,1,10H2,(H,15,16,18). The van der Waals surface area contributed by atoms with E-state index in [1.54, 1.807) is 12.2 Å². The Balaban J connectivity index is 1.89. The zero-order chi connectivity index (χ0) is 14.2. The van der Waals surface area contributed by atoms with Gasteiger partial charge in [0, 0.05) is 11.8 Å². The van der Waals surface area contributed by atoms with E-state index in [1.807, 2.05) is 30.3 Å². The maximum atomic E-state index is 11.7. The van der Waals surface area contributed by atoms with Gasteiger partial charge in [-0.05, 0) is 11.6 Å². The molecule has 2 rings (SSSR count). The van der Waals surface area contributed by atoms with E-state index in [9.17, 15) is 4.79 Å². The number of nitrogens with zero attached hydrogens (tertiary/aromatic N) is 2. The first kappa shape index (κ1) is 14.5. The molecule has 2 aromatic rings. The third-order valence-electron chi connectivity index (χ3n) is 2.19. The highest BCUT2D eigenvalue weighted by Crippen LogP contribution is 2.25. The second kappa shape index (κ2) is 7.62. The molecule has 1 heterocycles. The monoisotopic (exact) mass is 303 g/mol. The van der Waals surface area contributed by atoms with Gasteiger partial charge in [-0.3, -0.25) is 10.1 Å². The minimum Gasteiger partial charge on any atom is -0.297 e. The molecule has 0 bridgehead atoms. The van der Waals surface area contributed by atoms with Gasteiger partial charge in [0.25, 0.3) is 0 Å². The zero-order valence-electron chi connectivity index (χ0n) is 10.7. The number of thioether (sulfide) groups is 1. The third-order valence-corrected chi connectivity index (χ3v) is 4.16. The number of carbonyl (C=O) groups is 1. The molecule has 1 N–H and O–H groups in total. The Morgan fingerprint density at radius 3 is 2.90 bits per heavy atom. The predicted octanol–water partition coefficient (Wildman–Crippen LogP) is 3.47. The summed E-state index contributed by atoms with van der Waals surface area (Å²) >= 11 is 2.89. The van der Waals surface area contributed by atoms with Crippen LogP contribution in [0.2, 0.25) is 0 Å². The summed E-state index contributed by atoms with van der Waals surface area (Å²) in [6.45, 7) is 3.64. The van der Waals surface area contributed by atoms with Gasteiger partial charge >= 0.3 is 0 Å². The van der Waals surface area contributed by atoms with Crippen molar-refractivity contribution in [1.82, 2.24) is 10.2 Å². The maximum Gasteiger partial charge on any atom is 0.250 e. The van der Waals surface area contributed by atoms with Crippen LogP contribution in [0.3, 0.4) is 0 Å². The summed E-state index contributed by atoms with van der Waals surface area (Å²) in [5.41, 5.74) is 0.974. The van der Waals surface area contributed by atoms with E-state index in [2.05, 4.69) is 22.1 Å². The lowest BCUT2D eigenvalue weighted by molar-refractivity contribution is -0.111. The molecule has 0 aliphatic carbocycles. The van der Waals surface area contributed by atoms with E-state index < -0.39 is 0 Å². The number of carbonyl (C=O) groups excluding carboxylic acids is 1. The van der Waals surface area contributed by atoms with Crippen LogP contribution >= 0.6 is 23.1 Å². The lowest BCUT2D eigenvalue weighted by atomic mass is 10.2. The smallest absolute Gasteiger partial charge is 0.250 e. The van der Waals surface area contributed by atoms with E-state index in [1.165, 1.54) is 29.2 Å². The van der Waals surface area contributed by atoms with Crippen molar-refractivity contribution in [3.05, 3.63) is 54.6 Å². The molecule has 1 amide bonds. The lowest BCUT2D eigenvalue weighted by Gasteiger charge is -1.94. The van der Waals surface area contributed by atoms with E-state index in [0.717, 1.165) is 15.7 Å². The number of hydrogen-bond acceptors (Lipinski definition) is 5. The normalized spacial score (nSPS) is 10.6. The molecule has 0 aliphatic heterocycles. The number of amides is 1. The van der Waals surface area contributed by atoms with Gasteiger partial charge in [0.05, 0.1) is 0 Å². The number of benzene rings is 1. The maximum absolute atomic E-state index is 11.7. The van der Waals surface area contributed by atoms with Crippen molar-refractivity contribution in [1.29, 1.82) is 0 Å². The van der Waals surface area contributed by atoms with Crippen molar-refractivity contribution in [3.63, 3.8) is 0 Å². The van der Waals surface area contributed by atoms with Crippen molar-refractivity contribution < 1.29 is 4.79 Å². The summed E-state index contributed by atoms with van der Waals surface area (Å²) < 4.78 is 0.812. The summed E-state index contributed by atoms with van der Waals surface area (Å²) in [7, 11) is 0. The zero-order valence-corrected chi connectivity index (χ0v) is 12.3. The molecular weight excluding hydrogens is 290 g/mol. The van der Waals surface area contributed by atoms with Crippen LogP contribution in [0.4, 0.5) is 5.13 Å². The highest BCUT2D eigenvalue weighted by atomic mass is 32.2.